The van der Waals surface area contributed by atoms with Gasteiger partial charge in [0, 0.05) is 10.6 Å². The van der Waals surface area contributed by atoms with Crippen molar-refractivity contribution >= 4 is 34.8 Å². The second-order valence-electron chi connectivity index (χ2n) is 5.29. The summed E-state index contributed by atoms with van der Waals surface area (Å²) in [6.45, 7) is 0. The van der Waals surface area contributed by atoms with Gasteiger partial charge in [-0.1, -0.05) is 41.4 Å². The van der Waals surface area contributed by atoms with Crippen LogP contribution in [0.1, 0.15) is 16.1 Å². The van der Waals surface area contributed by atoms with Crippen LogP contribution in [-0.2, 0) is 6.18 Å². The van der Waals surface area contributed by atoms with E-state index in [9.17, 15) is 18.0 Å². The number of nitrogens with one attached hydrogen (secondary N) is 1. The molecule has 0 saturated heterocycles. The minimum Gasteiger partial charge on any atom is -0.451 e. The van der Waals surface area contributed by atoms with Gasteiger partial charge in [0.05, 0.1) is 16.3 Å². The van der Waals surface area contributed by atoms with Crippen LogP contribution >= 0.6 is 23.2 Å². The maximum Gasteiger partial charge on any atom is 0.417 e. The predicted molar refractivity (Wildman–Crippen MR) is 93.6 cm³/mol. The molecule has 0 saturated carbocycles. The zero-order chi connectivity index (χ0) is 18.9. The average Bonchev–Trinajstić information content (AvgIpc) is 3.07. The Bertz CT molecular complexity index is 967. The fourth-order valence-corrected chi connectivity index (χ4v) is 2.66. The first-order valence-corrected chi connectivity index (χ1v) is 8.04. The summed E-state index contributed by atoms with van der Waals surface area (Å²) in [5.74, 6) is -0.891. The molecule has 1 heterocycles. The van der Waals surface area contributed by atoms with E-state index in [-0.39, 0.29) is 27.8 Å². The highest BCUT2D eigenvalue weighted by molar-refractivity contribution is 6.35. The van der Waals surface area contributed by atoms with Gasteiger partial charge in [-0.3, -0.25) is 4.79 Å². The van der Waals surface area contributed by atoms with Crippen molar-refractivity contribution in [3.8, 4) is 11.3 Å². The average molecular weight is 400 g/mol. The van der Waals surface area contributed by atoms with Crippen LogP contribution in [0.2, 0.25) is 10.0 Å². The lowest BCUT2D eigenvalue weighted by atomic mass is 10.1. The van der Waals surface area contributed by atoms with Crippen LogP contribution < -0.4 is 5.32 Å². The van der Waals surface area contributed by atoms with Crippen LogP contribution in [-0.4, -0.2) is 5.91 Å². The molecule has 1 aromatic heterocycles. The summed E-state index contributed by atoms with van der Waals surface area (Å²) >= 11 is 11.8. The van der Waals surface area contributed by atoms with Crippen LogP contribution in [0.5, 0.6) is 0 Å². The standard InChI is InChI=1S/C18H10Cl2F3NO2/c19-10-5-6-13(20)14(9-10)24-17(25)16-8-7-15(26-16)11-3-1-2-4-12(11)18(21,22)23/h1-9H,(H,24,25). The number of anilines is 1. The van der Waals surface area contributed by atoms with E-state index < -0.39 is 17.6 Å². The highest BCUT2D eigenvalue weighted by atomic mass is 35.5. The van der Waals surface area contributed by atoms with Gasteiger partial charge in [0.15, 0.2) is 5.76 Å². The van der Waals surface area contributed by atoms with Gasteiger partial charge in [-0.05, 0) is 36.4 Å². The van der Waals surface area contributed by atoms with E-state index in [0.29, 0.717) is 5.02 Å². The molecule has 2 aromatic carbocycles. The van der Waals surface area contributed by atoms with Gasteiger partial charge in [-0.15, -0.1) is 0 Å². The summed E-state index contributed by atoms with van der Waals surface area (Å²) in [7, 11) is 0. The molecule has 0 aliphatic heterocycles. The number of carbonyl (C=O) groups excluding carboxylic acids is 1. The monoisotopic (exact) mass is 399 g/mol. The zero-order valence-corrected chi connectivity index (χ0v) is 14.4. The van der Waals surface area contributed by atoms with Crippen molar-refractivity contribution in [1.29, 1.82) is 0 Å². The third-order valence-corrected chi connectivity index (χ3v) is 4.07. The largest absolute Gasteiger partial charge is 0.451 e. The van der Waals surface area contributed by atoms with Crippen LogP contribution in [0.4, 0.5) is 18.9 Å². The molecule has 0 atom stereocenters. The van der Waals surface area contributed by atoms with Gasteiger partial charge >= 0.3 is 6.18 Å². The fourth-order valence-electron chi connectivity index (χ4n) is 2.33. The number of benzene rings is 2. The first kappa shape index (κ1) is 18.4. The normalized spacial score (nSPS) is 11.4. The van der Waals surface area contributed by atoms with E-state index in [4.69, 9.17) is 27.6 Å². The van der Waals surface area contributed by atoms with Gasteiger partial charge in [0.1, 0.15) is 5.76 Å². The first-order chi connectivity index (χ1) is 12.3. The van der Waals surface area contributed by atoms with E-state index in [1.165, 1.54) is 42.5 Å². The molecule has 0 aliphatic carbocycles. The van der Waals surface area contributed by atoms with Crippen LogP contribution in [0, 0.1) is 0 Å². The van der Waals surface area contributed by atoms with E-state index in [2.05, 4.69) is 5.32 Å². The molecular formula is C18H10Cl2F3NO2. The van der Waals surface area contributed by atoms with E-state index >= 15 is 0 Å². The number of hydrogen-bond acceptors (Lipinski definition) is 2. The smallest absolute Gasteiger partial charge is 0.417 e. The molecule has 0 fully saturated rings. The molecule has 3 nitrogen and oxygen atoms in total. The number of rotatable bonds is 3. The minimum absolute atomic E-state index is 0.0692. The molecule has 3 rings (SSSR count). The number of hydrogen-bond donors (Lipinski definition) is 1. The van der Waals surface area contributed by atoms with Crippen molar-refractivity contribution in [3.05, 3.63) is 76.0 Å². The third kappa shape index (κ3) is 3.86. The van der Waals surface area contributed by atoms with Crippen LogP contribution in [0.15, 0.2) is 59.0 Å². The second kappa shape index (κ2) is 7.05. The van der Waals surface area contributed by atoms with Crippen LogP contribution in [0.3, 0.4) is 0 Å². The lowest BCUT2D eigenvalue weighted by Crippen LogP contribution is -2.11. The quantitative estimate of drug-likeness (QED) is 0.544. The number of halogens is 5. The van der Waals surface area contributed by atoms with Crippen molar-refractivity contribution in [2.45, 2.75) is 6.18 Å². The summed E-state index contributed by atoms with van der Waals surface area (Å²) in [5, 5.41) is 3.13. The van der Waals surface area contributed by atoms with Gasteiger partial charge in [-0.2, -0.15) is 13.2 Å². The molecule has 0 bridgehead atoms. The molecule has 0 radical (unpaired) electrons. The van der Waals surface area contributed by atoms with Crippen LogP contribution in [0.25, 0.3) is 11.3 Å². The summed E-state index contributed by atoms with van der Waals surface area (Å²) in [5.41, 5.74) is -0.739. The van der Waals surface area contributed by atoms with Crippen molar-refractivity contribution in [3.63, 3.8) is 0 Å². The van der Waals surface area contributed by atoms with E-state index in [1.807, 2.05) is 0 Å². The summed E-state index contributed by atoms with van der Waals surface area (Å²) in [6.07, 6.45) is -4.54. The van der Waals surface area contributed by atoms with Gasteiger partial charge < -0.3 is 9.73 Å². The molecular weight excluding hydrogens is 390 g/mol. The van der Waals surface area contributed by atoms with Crippen molar-refractivity contribution < 1.29 is 22.4 Å². The molecule has 1 amide bonds. The van der Waals surface area contributed by atoms with E-state index in [0.717, 1.165) is 6.07 Å². The number of amides is 1. The molecule has 1 N–H and O–H groups in total. The van der Waals surface area contributed by atoms with Gasteiger partial charge in [0.25, 0.3) is 5.91 Å². The lowest BCUT2D eigenvalue weighted by molar-refractivity contribution is -0.137. The highest BCUT2D eigenvalue weighted by Crippen LogP contribution is 2.37. The Labute approximate surface area is 156 Å². The topological polar surface area (TPSA) is 42.2 Å². The zero-order valence-electron chi connectivity index (χ0n) is 12.9. The number of carbonyl (C=O) groups is 1. The third-order valence-electron chi connectivity index (χ3n) is 3.50. The molecule has 26 heavy (non-hydrogen) atoms. The Morgan fingerprint density at radius 1 is 1.00 bits per heavy atom. The Balaban J connectivity index is 1.89. The van der Waals surface area contributed by atoms with Crippen molar-refractivity contribution in [2.24, 2.45) is 0 Å². The molecule has 0 unspecified atom stereocenters. The highest BCUT2D eigenvalue weighted by Gasteiger charge is 2.34. The maximum atomic E-state index is 13.1. The van der Waals surface area contributed by atoms with E-state index in [1.54, 1.807) is 6.07 Å². The van der Waals surface area contributed by atoms with Gasteiger partial charge in [-0.25, -0.2) is 0 Å². The molecule has 0 aliphatic rings. The van der Waals surface area contributed by atoms with Gasteiger partial charge in [0.2, 0.25) is 0 Å². The van der Waals surface area contributed by atoms with Crippen molar-refractivity contribution in [1.82, 2.24) is 0 Å². The predicted octanol–water partition coefficient (Wildman–Crippen LogP) is 6.52. The van der Waals surface area contributed by atoms with Crippen molar-refractivity contribution in [2.75, 3.05) is 5.32 Å². The number of alkyl halides is 3. The molecule has 0 spiro atoms. The minimum atomic E-state index is -4.54. The first-order valence-electron chi connectivity index (χ1n) is 7.28. The Morgan fingerprint density at radius 3 is 2.46 bits per heavy atom. The summed E-state index contributed by atoms with van der Waals surface area (Å²) in [6, 6.07) is 12.1. The summed E-state index contributed by atoms with van der Waals surface area (Å²) in [4.78, 5) is 12.3. The molecule has 8 heteroatoms. The maximum absolute atomic E-state index is 13.1. The Hall–Kier alpha value is -2.44. The summed E-state index contributed by atoms with van der Waals surface area (Å²) < 4.78 is 44.7. The second-order valence-corrected chi connectivity index (χ2v) is 6.13. The fraction of sp³-hybridized carbons (Fsp3) is 0.0556. The lowest BCUT2D eigenvalue weighted by Gasteiger charge is -2.10. The number of furan rings is 1. The molecule has 3 aromatic rings. The SMILES string of the molecule is O=C(Nc1cc(Cl)ccc1Cl)c1ccc(-c2ccccc2C(F)(F)F)o1. The molecule has 134 valence electrons. The Kier molecular flexibility index (Phi) is 4.98. The Morgan fingerprint density at radius 2 is 1.73 bits per heavy atom.